The molecule has 0 N–H and O–H groups in total. The van der Waals surface area contributed by atoms with Gasteiger partial charge in [-0.2, -0.15) is 0 Å². The molecule has 3 aromatic carbocycles. The largest absolute Gasteiger partial charge is 0.311 e. The molecule has 0 aliphatic carbocycles. The molecule has 4 heterocycles. The summed E-state index contributed by atoms with van der Waals surface area (Å²) in [5, 5.41) is 2.10. The van der Waals surface area contributed by atoms with Gasteiger partial charge in [0.2, 0.25) is 0 Å². The SMILES string of the molecule is C/C(C=O)=C\C=C(/S)c1ccc(N(c2ccc(-c3ccc(/C=C/C4=CC=CCS4)s3)cc2)c2ccc(-c3ccc(/C=C/c4cccs4)s3)cc2)cc1. The zero-order valence-corrected chi connectivity index (χ0v) is 32.5. The number of rotatable bonds is 12. The lowest BCUT2D eigenvalue weighted by Gasteiger charge is -2.26. The van der Waals surface area contributed by atoms with Crippen molar-refractivity contribution in [3.05, 3.63) is 182 Å². The predicted molar refractivity (Wildman–Crippen MR) is 236 cm³/mol. The van der Waals surface area contributed by atoms with Gasteiger partial charge in [0.15, 0.2) is 0 Å². The Morgan fingerprint density at radius 1 is 0.673 bits per heavy atom. The number of benzene rings is 3. The van der Waals surface area contributed by atoms with Gasteiger partial charge in [0.05, 0.1) is 0 Å². The smallest absolute Gasteiger partial charge is 0.145 e. The van der Waals surface area contributed by atoms with Crippen LogP contribution in [0.4, 0.5) is 17.1 Å². The van der Waals surface area contributed by atoms with Crippen LogP contribution >= 0.6 is 58.4 Å². The zero-order chi connectivity index (χ0) is 35.7. The van der Waals surface area contributed by atoms with Crippen LogP contribution in [0, 0.1) is 0 Å². The van der Waals surface area contributed by atoms with Gasteiger partial charge >= 0.3 is 0 Å². The number of hydrogen-bond acceptors (Lipinski definition) is 7. The zero-order valence-electron chi connectivity index (χ0n) is 28.4. The van der Waals surface area contributed by atoms with E-state index < -0.39 is 0 Å². The van der Waals surface area contributed by atoms with Crippen LogP contribution in [0.5, 0.6) is 0 Å². The lowest BCUT2D eigenvalue weighted by Crippen LogP contribution is -2.09. The fourth-order valence-electron chi connectivity index (χ4n) is 5.55. The number of allylic oxidation sites excluding steroid dienone is 6. The number of thiol groups is 1. The van der Waals surface area contributed by atoms with Crippen molar-refractivity contribution in [1.29, 1.82) is 0 Å². The molecule has 6 aromatic rings. The molecule has 7 heteroatoms. The van der Waals surface area contributed by atoms with E-state index in [-0.39, 0.29) is 0 Å². The van der Waals surface area contributed by atoms with Gasteiger partial charge in [0.1, 0.15) is 6.29 Å². The Morgan fingerprint density at radius 2 is 1.25 bits per heavy atom. The minimum atomic E-state index is 0.652. The van der Waals surface area contributed by atoms with Crippen molar-refractivity contribution in [2.75, 3.05) is 10.7 Å². The minimum Gasteiger partial charge on any atom is -0.311 e. The van der Waals surface area contributed by atoms with Gasteiger partial charge < -0.3 is 4.90 Å². The Labute approximate surface area is 327 Å². The molecule has 52 heavy (non-hydrogen) atoms. The summed E-state index contributed by atoms with van der Waals surface area (Å²) in [5.74, 6) is 1.03. The average Bonchev–Trinajstić information content (AvgIpc) is 4.00. The van der Waals surface area contributed by atoms with Crippen LogP contribution in [0.25, 0.3) is 44.0 Å². The number of hydrogen-bond donors (Lipinski definition) is 1. The second-order valence-corrected chi connectivity index (χ2v) is 16.7. The summed E-state index contributed by atoms with van der Waals surface area (Å²) in [6, 6.07) is 39.0. The van der Waals surface area contributed by atoms with Crippen molar-refractivity contribution in [3.63, 3.8) is 0 Å². The standard InChI is InChI=1S/C45H35NOS5/c1-32(31-47)7-26-43(48)33-8-14-36(15-9-33)46(38-18-12-35(13-19-38)45-28-25-42(52-45)23-21-40-6-4-30-50-40)37-16-10-34(11-17-37)44-27-24-41(51-44)22-20-39-5-2-3-29-49-39/h2-28,30-31,48H,29H2,1H3/b22-20+,23-21+,32-7+,43-26-. The van der Waals surface area contributed by atoms with Crippen molar-refractivity contribution in [2.45, 2.75) is 6.92 Å². The minimum absolute atomic E-state index is 0.652. The summed E-state index contributed by atoms with van der Waals surface area (Å²) in [5.41, 5.74) is 7.19. The van der Waals surface area contributed by atoms with Crippen molar-refractivity contribution >= 4 is 105 Å². The highest BCUT2D eigenvalue weighted by Crippen LogP contribution is 2.39. The summed E-state index contributed by atoms with van der Waals surface area (Å²) < 4.78 is 0. The molecule has 1 aliphatic heterocycles. The maximum absolute atomic E-state index is 11.1. The van der Waals surface area contributed by atoms with Crippen molar-refractivity contribution in [2.24, 2.45) is 0 Å². The third-order valence-electron chi connectivity index (χ3n) is 8.29. The summed E-state index contributed by atoms with van der Waals surface area (Å²) in [4.78, 5) is 21.6. The molecule has 0 amide bonds. The highest BCUT2D eigenvalue weighted by atomic mass is 32.2. The van der Waals surface area contributed by atoms with Gasteiger partial charge in [-0.15, -0.1) is 58.4 Å². The summed E-state index contributed by atoms with van der Waals surface area (Å²) in [6.07, 6.45) is 19.7. The normalized spacial score (nSPS) is 13.6. The molecule has 1 aliphatic rings. The topological polar surface area (TPSA) is 20.3 Å². The summed E-state index contributed by atoms with van der Waals surface area (Å²) >= 11 is 11.9. The quantitative estimate of drug-likeness (QED) is 0.0580. The van der Waals surface area contributed by atoms with E-state index in [1.807, 2.05) is 17.8 Å². The lowest BCUT2D eigenvalue weighted by molar-refractivity contribution is -0.104. The predicted octanol–water partition coefficient (Wildman–Crippen LogP) is 14.5. The molecule has 0 radical (unpaired) electrons. The number of anilines is 3. The molecule has 0 saturated carbocycles. The van der Waals surface area contributed by atoms with Gasteiger partial charge in [0.25, 0.3) is 0 Å². The van der Waals surface area contributed by atoms with E-state index in [0.29, 0.717) is 5.57 Å². The average molecular weight is 766 g/mol. The van der Waals surface area contributed by atoms with E-state index in [9.17, 15) is 4.79 Å². The number of aldehydes is 1. The molecule has 256 valence electrons. The monoisotopic (exact) mass is 765 g/mol. The Balaban J connectivity index is 1.16. The van der Waals surface area contributed by atoms with E-state index in [0.717, 1.165) is 39.6 Å². The van der Waals surface area contributed by atoms with Gasteiger partial charge in [0, 0.05) is 57.0 Å². The first-order valence-corrected chi connectivity index (χ1v) is 20.7. The molecule has 0 saturated heterocycles. The first-order valence-electron chi connectivity index (χ1n) is 16.8. The van der Waals surface area contributed by atoms with E-state index in [2.05, 4.69) is 162 Å². The van der Waals surface area contributed by atoms with Gasteiger partial charge in [-0.3, -0.25) is 4.79 Å². The molecule has 0 unspecified atom stereocenters. The van der Waals surface area contributed by atoms with E-state index >= 15 is 0 Å². The molecule has 0 bridgehead atoms. The third kappa shape index (κ3) is 9.05. The Kier molecular flexibility index (Phi) is 11.9. The Bertz CT molecular complexity index is 2310. The maximum atomic E-state index is 11.1. The highest BCUT2D eigenvalue weighted by molar-refractivity contribution is 8.03. The third-order valence-corrected chi connectivity index (χ3v) is 12.7. The number of thioether (sulfide) groups is 1. The number of thiophene rings is 3. The maximum Gasteiger partial charge on any atom is 0.145 e. The van der Waals surface area contributed by atoms with Gasteiger partial charge in [-0.25, -0.2) is 0 Å². The molecule has 2 nitrogen and oxygen atoms in total. The molecule has 0 atom stereocenters. The van der Waals surface area contributed by atoms with E-state index in [4.69, 9.17) is 12.6 Å². The van der Waals surface area contributed by atoms with Crippen LogP contribution in [-0.4, -0.2) is 12.0 Å². The Morgan fingerprint density at radius 3 is 1.79 bits per heavy atom. The highest BCUT2D eigenvalue weighted by Gasteiger charge is 2.14. The molecular formula is C45H35NOS5. The van der Waals surface area contributed by atoms with Crippen LogP contribution in [0.3, 0.4) is 0 Å². The second kappa shape index (κ2) is 17.3. The van der Waals surface area contributed by atoms with E-state index in [1.165, 1.54) is 40.4 Å². The number of carbonyl (C=O) groups is 1. The second-order valence-electron chi connectivity index (χ2n) is 12.0. The number of carbonyl (C=O) groups excluding carboxylic acids is 1. The molecule has 0 spiro atoms. The van der Waals surface area contributed by atoms with Crippen LogP contribution in [0.1, 0.15) is 27.1 Å². The van der Waals surface area contributed by atoms with Crippen molar-refractivity contribution < 1.29 is 4.79 Å². The van der Waals surface area contributed by atoms with Crippen molar-refractivity contribution in [1.82, 2.24) is 0 Å². The molecule has 3 aromatic heterocycles. The van der Waals surface area contributed by atoms with Crippen molar-refractivity contribution in [3.8, 4) is 20.9 Å². The Hall–Kier alpha value is -4.63. The van der Waals surface area contributed by atoms with Gasteiger partial charge in [-0.05, 0) is 138 Å². The van der Waals surface area contributed by atoms with Crippen LogP contribution in [0.15, 0.2) is 162 Å². The van der Waals surface area contributed by atoms with E-state index in [1.54, 1.807) is 47.0 Å². The van der Waals surface area contributed by atoms with Gasteiger partial charge in [-0.1, -0.05) is 60.7 Å². The summed E-state index contributed by atoms with van der Waals surface area (Å²) in [6.45, 7) is 1.78. The molecule has 0 fully saturated rings. The fraction of sp³-hybridized carbons (Fsp3) is 0.0444. The fourth-order valence-corrected chi connectivity index (χ4v) is 8.96. The van der Waals surface area contributed by atoms with Crippen LogP contribution in [0.2, 0.25) is 0 Å². The first kappa shape index (κ1) is 35.8. The summed E-state index contributed by atoms with van der Waals surface area (Å²) in [7, 11) is 0. The van der Waals surface area contributed by atoms with Crippen LogP contribution < -0.4 is 4.90 Å². The van der Waals surface area contributed by atoms with Crippen LogP contribution in [-0.2, 0) is 4.79 Å². The molecular weight excluding hydrogens is 731 g/mol. The lowest BCUT2D eigenvalue weighted by atomic mass is 10.1. The molecule has 7 rings (SSSR count). The number of nitrogens with zero attached hydrogens (tertiary/aromatic N) is 1. The first-order chi connectivity index (χ1) is 25.5.